The van der Waals surface area contributed by atoms with E-state index >= 15 is 0 Å². The zero-order valence-electron chi connectivity index (χ0n) is 11.2. The third kappa shape index (κ3) is 3.58. The Kier molecular flexibility index (Phi) is 4.18. The molecule has 3 heteroatoms. The number of benzene rings is 2. The number of rotatable bonds is 4. The number of aryl methyl sites for hydroxylation is 1. The van der Waals surface area contributed by atoms with Crippen molar-refractivity contribution in [1.29, 1.82) is 0 Å². The van der Waals surface area contributed by atoms with E-state index in [0.717, 1.165) is 11.3 Å². The number of amides is 1. The van der Waals surface area contributed by atoms with E-state index in [1.807, 2.05) is 62.5 Å². The summed E-state index contributed by atoms with van der Waals surface area (Å²) >= 11 is 0. The van der Waals surface area contributed by atoms with Gasteiger partial charge in [0.2, 0.25) is 0 Å². The molecule has 19 heavy (non-hydrogen) atoms. The van der Waals surface area contributed by atoms with Crippen LogP contribution in [0.1, 0.15) is 21.5 Å². The number of carbonyl (C=O) groups excluding carboxylic acids is 1. The molecule has 0 spiro atoms. The second-order valence-corrected chi connectivity index (χ2v) is 4.50. The molecule has 0 saturated heterocycles. The molecule has 0 saturated carbocycles. The molecule has 0 aliphatic rings. The minimum Gasteiger partial charge on any atom is -0.388 e. The van der Waals surface area contributed by atoms with Gasteiger partial charge in [0.15, 0.2) is 0 Å². The Morgan fingerprint density at radius 1 is 1.00 bits per heavy atom. The van der Waals surface area contributed by atoms with Crippen LogP contribution in [0.25, 0.3) is 0 Å². The summed E-state index contributed by atoms with van der Waals surface area (Å²) in [6, 6.07) is 15.6. The number of carbonyl (C=O) groups is 1. The Balaban J connectivity index is 1.95. The van der Waals surface area contributed by atoms with Crippen molar-refractivity contribution < 1.29 is 4.79 Å². The normalized spacial score (nSPS) is 10.0. The van der Waals surface area contributed by atoms with Crippen molar-refractivity contribution in [2.75, 3.05) is 12.4 Å². The monoisotopic (exact) mass is 254 g/mol. The molecular weight excluding hydrogens is 236 g/mol. The predicted octanol–water partition coefficient (Wildman–Crippen LogP) is 2.97. The minimum absolute atomic E-state index is 0.0526. The van der Waals surface area contributed by atoms with Crippen LogP contribution in [-0.2, 0) is 6.54 Å². The summed E-state index contributed by atoms with van der Waals surface area (Å²) in [6.07, 6.45) is 0. The molecular formula is C16H18N2O. The largest absolute Gasteiger partial charge is 0.388 e. The third-order valence-electron chi connectivity index (χ3n) is 3.01. The molecule has 0 aliphatic heterocycles. The van der Waals surface area contributed by atoms with Crippen LogP contribution in [0.4, 0.5) is 5.69 Å². The quantitative estimate of drug-likeness (QED) is 0.880. The summed E-state index contributed by atoms with van der Waals surface area (Å²) in [7, 11) is 1.85. The lowest BCUT2D eigenvalue weighted by Gasteiger charge is -2.06. The van der Waals surface area contributed by atoms with Crippen molar-refractivity contribution in [3.8, 4) is 0 Å². The lowest BCUT2D eigenvalue weighted by molar-refractivity contribution is 0.0951. The molecule has 0 bridgehead atoms. The SMILES string of the molecule is CNc1ccc(C(=O)NCc2ccc(C)cc2)cc1. The van der Waals surface area contributed by atoms with E-state index in [1.54, 1.807) is 0 Å². The molecule has 0 radical (unpaired) electrons. The molecule has 1 amide bonds. The van der Waals surface area contributed by atoms with Crippen molar-refractivity contribution in [3.63, 3.8) is 0 Å². The second-order valence-electron chi connectivity index (χ2n) is 4.50. The highest BCUT2D eigenvalue weighted by molar-refractivity contribution is 5.94. The van der Waals surface area contributed by atoms with Gasteiger partial charge in [-0.3, -0.25) is 4.79 Å². The Morgan fingerprint density at radius 3 is 2.21 bits per heavy atom. The van der Waals surface area contributed by atoms with Gasteiger partial charge in [0.05, 0.1) is 0 Å². The number of nitrogens with one attached hydrogen (secondary N) is 2. The molecule has 0 aromatic heterocycles. The fraction of sp³-hybridized carbons (Fsp3) is 0.188. The number of anilines is 1. The van der Waals surface area contributed by atoms with Crippen LogP contribution in [0.15, 0.2) is 48.5 Å². The van der Waals surface area contributed by atoms with Gasteiger partial charge in [-0.1, -0.05) is 29.8 Å². The number of hydrogen-bond donors (Lipinski definition) is 2. The van der Waals surface area contributed by atoms with Gasteiger partial charge in [-0.15, -0.1) is 0 Å². The molecule has 3 nitrogen and oxygen atoms in total. The van der Waals surface area contributed by atoms with Gasteiger partial charge in [0.25, 0.3) is 5.91 Å². The molecule has 2 aromatic rings. The average molecular weight is 254 g/mol. The fourth-order valence-electron chi connectivity index (χ4n) is 1.78. The van der Waals surface area contributed by atoms with Crippen LogP contribution >= 0.6 is 0 Å². The van der Waals surface area contributed by atoms with E-state index in [9.17, 15) is 4.79 Å². The van der Waals surface area contributed by atoms with Gasteiger partial charge in [0, 0.05) is 24.8 Å². The molecule has 2 N–H and O–H groups in total. The van der Waals surface area contributed by atoms with Crippen molar-refractivity contribution in [1.82, 2.24) is 5.32 Å². The maximum atomic E-state index is 12.0. The predicted molar refractivity (Wildman–Crippen MR) is 78.3 cm³/mol. The first-order valence-electron chi connectivity index (χ1n) is 6.30. The van der Waals surface area contributed by atoms with Crippen LogP contribution in [0.5, 0.6) is 0 Å². The smallest absolute Gasteiger partial charge is 0.251 e. The van der Waals surface area contributed by atoms with Crippen LogP contribution in [0, 0.1) is 6.92 Å². The summed E-state index contributed by atoms with van der Waals surface area (Å²) in [6.45, 7) is 2.60. The van der Waals surface area contributed by atoms with Crippen LogP contribution in [0.2, 0.25) is 0 Å². The average Bonchev–Trinajstić information content (AvgIpc) is 2.46. The van der Waals surface area contributed by atoms with E-state index < -0.39 is 0 Å². The maximum absolute atomic E-state index is 12.0. The molecule has 0 unspecified atom stereocenters. The molecule has 98 valence electrons. The van der Waals surface area contributed by atoms with Crippen molar-refractivity contribution in [3.05, 3.63) is 65.2 Å². The highest BCUT2D eigenvalue weighted by Gasteiger charge is 2.04. The van der Waals surface area contributed by atoms with E-state index in [4.69, 9.17) is 0 Å². The topological polar surface area (TPSA) is 41.1 Å². The first kappa shape index (κ1) is 13.1. The third-order valence-corrected chi connectivity index (χ3v) is 3.01. The highest BCUT2D eigenvalue weighted by atomic mass is 16.1. The fourth-order valence-corrected chi connectivity index (χ4v) is 1.78. The second kappa shape index (κ2) is 6.05. The molecule has 2 rings (SSSR count). The summed E-state index contributed by atoms with van der Waals surface area (Å²) < 4.78 is 0. The lowest BCUT2D eigenvalue weighted by atomic mass is 10.1. The Labute approximate surface area is 113 Å². The van der Waals surface area contributed by atoms with Gasteiger partial charge in [-0.2, -0.15) is 0 Å². The van der Waals surface area contributed by atoms with E-state index in [2.05, 4.69) is 10.6 Å². The van der Waals surface area contributed by atoms with Crippen molar-refractivity contribution in [2.24, 2.45) is 0 Å². The van der Waals surface area contributed by atoms with Gasteiger partial charge >= 0.3 is 0 Å². The molecule has 0 atom stereocenters. The summed E-state index contributed by atoms with van der Waals surface area (Å²) in [5.41, 5.74) is 3.99. The van der Waals surface area contributed by atoms with Gasteiger partial charge < -0.3 is 10.6 Å². The van der Waals surface area contributed by atoms with Gasteiger partial charge in [0.1, 0.15) is 0 Å². The summed E-state index contributed by atoms with van der Waals surface area (Å²) in [5, 5.41) is 5.94. The lowest BCUT2D eigenvalue weighted by Crippen LogP contribution is -2.22. The Bertz CT molecular complexity index is 544. The standard InChI is InChI=1S/C16H18N2O/c1-12-3-5-13(6-4-12)11-18-16(19)14-7-9-15(17-2)10-8-14/h3-10,17H,11H2,1-2H3,(H,18,19). The maximum Gasteiger partial charge on any atom is 0.251 e. The molecule has 2 aromatic carbocycles. The molecule has 0 fully saturated rings. The zero-order chi connectivity index (χ0) is 13.7. The first-order valence-corrected chi connectivity index (χ1v) is 6.30. The first-order chi connectivity index (χ1) is 9.19. The van der Waals surface area contributed by atoms with E-state index in [1.165, 1.54) is 5.56 Å². The van der Waals surface area contributed by atoms with E-state index in [0.29, 0.717) is 12.1 Å². The van der Waals surface area contributed by atoms with Crippen LogP contribution in [-0.4, -0.2) is 13.0 Å². The summed E-state index contributed by atoms with van der Waals surface area (Å²) in [5.74, 6) is -0.0526. The van der Waals surface area contributed by atoms with E-state index in [-0.39, 0.29) is 5.91 Å². The zero-order valence-corrected chi connectivity index (χ0v) is 11.2. The van der Waals surface area contributed by atoms with Crippen LogP contribution in [0.3, 0.4) is 0 Å². The molecule has 0 heterocycles. The summed E-state index contributed by atoms with van der Waals surface area (Å²) in [4.78, 5) is 12.0. The Morgan fingerprint density at radius 2 is 1.63 bits per heavy atom. The van der Waals surface area contributed by atoms with Crippen LogP contribution < -0.4 is 10.6 Å². The Hall–Kier alpha value is -2.29. The van der Waals surface area contributed by atoms with Gasteiger partial charge in [-0.25, -0.2) is 0 Å². The minimum atomic E-state index is -0.0526. The highest BCUT2D eigenvalue weighted by Crippen LogP contribution is 2.09. The molecule has 0 aliphatic carbocycles. The van der Waals surface area contributed by atoms with Crippen molar-refractivity contribution >= 4 is 11.6 Å². The number of hydrogen-bond acceptors (Lipinski definition) is 2. The van der Waals surface area contributed by atoms with Crippen molar-refractivity contribution in [2.45, 2.75) is 13.5 Å². The van der Waals surface area contributed by atoms with Gasteiger partial charge in [-0.05, 0) is 36.8 Å².